The number of carbonyl (C=O) groups excluding carboxylic acids is 3. The molecule has 1 aromatic heterocycles. The van der Waals surface area contributed by atoms with Crippen molar-refractivity contribution >= 4 is 35.0 Å². The lowest BCUT2D eigenvalue weighted by Crippen LogP contribution is -2.27. The van der Waals surface area contributed by atoms with Crippen LogP contribution >= 0.6 is 11.8 Å². The Morgan fingerprint density at radius 2 is 1.92 bits per heavy atom. The Morgan fingerprint density at radius 3 is 2.56 bits per heavy atom. The zero-order valence-electron chi connectivity index (χ0n) is 13.0. The molecule has 7 heteroatoms. The molecule has 2 aromatic rings. The lowest BCUT2D eigenvalue weighted by atomic mass is 10.2. The molecule has 1 aliphatic heterocycles. The summed E-state index contributed by atoms with van der Waals surface area (Å²) in [6, 6.07) is 9.79. The Kier molecular flexibility index (Phi) is 4.58. The van der Waals surface area contributed by atoms with Crippen molar-refractivity contribution in [3.05, 3.63) is 71.4 Å². The molecule has 3 rings (SSSR count). The number of imide groups is 1. The first-order valence-electron chi connectivity index (χ1n) is 7.36. The third-order valence-corrected chi connectivity index (χ3v) is 4.53. The van der Waals surface area contributed by atoms with E-state index >= 15 is 0 Å². The van der Waals surface area contributed by atoms with E-state index in [1.54, 1.807) is 41.1 Å². The fourth-order valence-electron chi connectivity index (χ4n) is 2.43. The molecule has 2 amide bonds. The van der Waals surface area contributed by atoms with Crippen molar-refractivity contribution in [3.8, 4) is 5.69 Å². The van der Waals surface area contributed by atoms with Crippen molar-refractivity contribution in [2.75, 3.05) is 6.54 Å². The third kappa shape index (κ3) is 3.27. The second kappa shape index (κ2) is 6.82. The second-order valence-electron chi connectivity index (χ2n) is 5.22. The van der Waals surface area contributed by atoms with Crippen molar-refractivity contribution in [1.82, 2.24) is 9.47 Å². The van der Waals surface area contributed by atoms with Crippen LogP contribution in [-0.2, 0) is 4.79 Å². The van der Waals surface area contributed by atoms with Crippen LogP contribution in [-0.4, -0.2) is 33.1 Å². The molecule has 0 bridgehead atoms. The molecule has 1 aromatic carbocycles. The number of hydrogen-bond acceptors (Lipinski definition) is 5. The number of aromatic nitrogens is 1. The lowest BCUT2D eigenvalue weighted by Gasteiger charge is -2.09. The Hall–Kier alpha value is -3.06. The highest BCUT2D eigenvalue weighted by Gasteiger charge is 2.34. The first kappa shape index (κ1) is 16.8. The largest absolute Gasteiger partial charge is 0.545 e. The first-order valence-corrected chi connectivity index (χ1v) is 8.18. The average molecular weight is 353 g/mol. The van der Waals surface area contributed by atoms with E-state index in [1.165, 1.54) is 18.2 Å². The summed E-state index contributed by atoms with van der Waals surface area (Å²) in [4.78, 5) is 36.5. The van der Waals surface area contributed by atoms with Gasteiger partial charge in [0.05, 0.1) is 10.9 Å². The molecule has 1 fully saturated rings. The highest BCUT2D eigenvalue weighted by molar-refractivity contribution is 8.18. The van der Waals surface area contributed by atoms with E-state index in [-0.39, 0.29) is 23.3 Å². The molecular weight excluding hydrogens is 340 g/mol. The van der Waals surface area contributed by atoms with E-state index in [9.17, 15) is 19.5 Å². The van der Waals surface area contributed by atoms with Gasteiger partial charge in [0.15, 0.2) is 0 Å². The van der Waals surface area contributed by atoms with E-state index in [1.807, 2.05) is 0 Å². The first-order chi connectivity index (χ1) is 12.0. The summed E-state index contributed by atoms with van der Waals surface area (Å²) < 4.78 is 1.79. The molecule has 0 unspecified atom stereocenters. The monoisotopic (exact) mass is 353 g/mol. The molecule has 1 aliphatic rings. The molecule has 126 valence electrons. The summed E-state index contributed by atoms with van der Waals surface area (Å²) in [6.45, 7) is 3.72. The predicted molar refractivity (Wildman–Crippen MR) is 93.0 cm³/mol. The number of carboxylic acid groups (broad SMARTS) is 1. The zero-order valence-corrected chi connectivity index (χ0v) is 13.9. The van der Waals surface area contributed by atoms with Crippen LogP contribution in [0.4, 0.5) is 4.79 Å². The van der Waals surface area contributed by atoms with Gasteiger partial charge in [-0.25, -0.2) is 0 Å². The van der Waals surface area contributed by atoms with Gasteiger partial charge < -0.3 is 14.5 Å². The minimum atomic E-state index is -1.24. The average Bonchev–Trinajstić information content (AvgIpc) is 3.16. The van der Waals surface area contributed by atoms with Crippen LogP contribution in [0.2, 0.25) is 0 Å². The number of carbonyl (C=O) groups is 3. The van der Waals surface area contributed by atoms with Crippen molar-refractivity contribution in [3.63, 3.8) is 0 Å². The standard InChI is InChI=1S/C18H14N2O4S/c1-2-9-20-16(21)15(25-18(20)24)11-14-4-3-10-19(14)13-7-5-12(6-8-13)17(22)23/h2-8,10-11H,1,9H2,(H,22,23)/p-1/b15-11+. The highest BCUT2D eigenvalue weighted by atomic mass is 32.2. The molecule has 1 saturated heterocycles. The molecule has 2 heterocycles. The van der Waals surface area contributed by atoms with Crippen LogP contribution in [0, 0.1) is 0 Å². The van der Waals surface area contributed by atoms with E-state index in [4.69, 9.17) is 0 Å². The quantitative estimate of drug-likeness (QED) is 0.607. The molecular formula is C18H13N2O4S-. The van der Waals surface area contributed by atoms with Crippen LogP contribution in [0.3, 0.4) is 0 Å². The highest BCUT2D eigenvalue weighted by Crippen LogP contribution is 2.32. The zero-order chi connectivity index (χ0) is 18.0. The fraction of sp³-hybridized carbons (Fsp3) is 0.0556. The summed E-state index contributed by atoms with van der Waals surface area (Å²) in [7, 11) is 0. The van der Waals surface area contributed by atoms with Gasteiger partial charge in [-0.3, -0.25) is 14.5 Å². The van der Waals surface area contributed by atoms with Crippen molar-refractivity contribution in [2.24, 2.45) is 0 Å². The van der Waals surface area contributed by atoms with Gasteiger partial charge in [0.2, 0.25) is 0 Å². The van der Waals surface area contributed by atoms with E-state index in [0.29, 0.717) is 10.6 Å². The maximum Gasteiger partial charge on any atom is 0.293 e. The molecule has 6 nitrogen and oxygen atoms in total. The smallest absolute Gasteiger partial charge is 0.293 e. The fourth-order valence-corrected chi connectivity index (χ4v) is 3.26. The number of rotatable bonds is 5. The summed E-state index contributed by atoms with van der Waals surface area (Å²) in [6.07, 6.45) is 4.93. The van der Waals surface area contributed by atoms with Gasteiger partial charge in [0.25, 0.3) is 11.1 Å². The van der Waals surface area contributed by atoms with Crippen LogP contribution in [0.5, 0.6) is 0 Å². The summed E-state index contributed by atoms with van der Waals surface area (Å²) in [5.74, 6) is -1.59. The van der Waals surface area contributed by atoms with E-state index in [0.717, 1.165) is 22.3 Å². The van der Waals surface area contributed by atoms with Gasteiger partial charge in [-0.15, -0.1) is 6.58 Å². The van der Waals surface area contributed by atoms with E-state index < -0.39 is 5.97 Å². The number of carboxylic acids is 1. The minimum Gasteiger partial charge on any atom is -0.545 e. The maximum absolute atomic E-state index is 12.3. The van der Waals surface area contributed by atoms with Gasteiger partial charge in [-0.1, -0.05) is 18.2 Å². The van der Waals surface area contributed by atoms with Crippen molar-refractivity contribution < 1.29 is 19.5 Å². The van der Waals surface area contributed by atoms with Gasteiger partial charge >= 0.3 is 0 Å². The number of aromatic carboxylic acids is 1. The third-order valence-electron chi connectivity index (χ3n) is 3.63. The minimum absolute atomic E-state index is 0.0861. The molecule has 0 N–H and O–H groups in total. The van der Waals surface area contributed by atoms with Gasteiger partial charge in [-0.05, 0) is 47.7 Å². The van der Waals surface area contributed by atoms with E-state index in [2.05, 4.69) is 6.58 Å². The number of nitrogens with zero attached hydrogens (tertiary/aromatic N) is 2. The van der Waals surface area contributed by atoms with Gasteiger partial charge in [-0.2, -0.15) is 0 Å². The number of hydrogen-bond donors (Lipinski definition) is 0. The molecule has 0 spiro atoms. The normalized spacial score (nSPS) is 15.8. The predicted octanol–water partition coefficient (Wildman–Crippen LogP) is 2.06. The maximum atomic E-state index is 12.3. The molecule has 0 atom stereocenters. The molecule has 0 radical (unpaired) electrons. The van der Waals surface area contributed by atoms with Crippen molar-refractivity contribution in [1.29, 1.82) is 0 Å². The van der Waals surface area contributed by atoms with Gasteiger partial charge in [0.1, 0.15) is 0 Å². The summed E-state index contributed by atoms with van der Waals surface area (Å²) in [5.41, 5.74) is 1.51. The van der Waals surface area contributed by atoms with Gasteiger partial charge in [0, 0.05) is 24.1 Å². The second-order valence-corrected chi connectivity index (χ2v) is 6.21. The molecule has 0 saturated carbocycles. The molecule has 25 heavy (non-hydrogen) atoms. The molecule has 0 aliphatic carbocycles. The topological polar surface area (TPSA) is 82.4 Å². The number of benzene rings is 1. The van der Waals surface area contributed by atoms with Crippen LogP contribution in [0.1, 0.15) is 16.1 Å². The Balaban J connectivity index is 1.92. The summed E-state index contributed by atoms with van der Waals surface area (Å²) >= 11 is 0.882. The Morgan fingerprint density at radius 1 is 1.20 bits per heavy atom. The Labute approximate surface area is 148 Å². The number of amides is 2. The number of thioether (sulfide) groups is 1. The van der Waals surface area contributed by atoms with Crippen LogP contribution < -0.4 is 5.11 Å². The summed E-state index contributed by atoms with van der Waals surface area (Å²) in [5, 5.41) is 10.5. The SMILES string of the molecule is C=CCN1C(=O)S/C(=C/c2cccn2-c2ccc(C(=O)[O-])cc2)C1=O. The van der Waals surface area contributed by atoms with Crippen molar-refractivity contribution in [2.45, 2.75) is 0 Å². The Bertz CT molecular complexity index is 896. The van der Waals surface area contributed by atoms with Crippen LogP contribution in [0.25, 0.3) is 11.8 Å². The van der Waals surface area contributed by atoms with Crippen LogP contribution in [0.15, 0.2) is 60.2 Å². The lowest BCUT2D eigenvalue weighted by molar-refractivity contribution is -0.255.